The van der Waals surface area contributed by atoms with Crippen LogP contribution in [0.1, 0.15) is 24.8 Å². The molecule has 1 aromatic carbocycles. The summed E-state index contributed by atoms with van der Waals surface area (Å²) in [5.41, 5.74) is -0.948. The number of benzene rings is 1. The maximum Gasteiger partial charge on any atom is 0.416 e. The normalized spacial score (nSPS) is 17.0. The lowest BCUT2D eigenvalue weighted by Gasteiger charge is -2.36. The first-order valence-corrected chi connectivity index (χ1v) is 9.08. The van der Waals surface area contributed by atoms with Crippen molar-refractivity contribution in [2.75, 3.05) is 11.9 Å². The van der Waals surface area contributed by atoms with Crippen LogP contribution in [0.15, 0.2) is 29.2 Å². The van der Waals surface area contributed by atoms with Crippen molar-refractivity contribution in [2.45, 2.75) is 36.4 Å². The van der Waals surface area contributed by atoms with Crippen molar-refractivity contribution < 1.29 is 21.6 Å². The third-order valence-corrected chi connectivity index (χ3v) is 5.86. The predicted octanol–water partition coefficient (Wildman–Crippen LogP) is 3.64. The molecule has 21 heavy (non-hydrogen) atoms. The molecule has 1 aliphatic rings. The molecule has 118 valence electrons. The largest absolute Gasteiger partial charge is 0.416 e. The van der Waals surface area contributed by atoms with Gasteiger partial charge in [0.1, 0.15) is 0 Å². The summed E-state index contributed by atoms with van der Waals surface area (Å²) in [6, 6.07) is 3.81. The Hall–Kier alpha value is -0.600. The Kier molecular flexibility index (Phi) is 4.99. The van der Waals surface area contributed by atoms with Gasteiger partial charge >= 0.3 is 6.18 Å². The second-order valence-electron chi connectivity index (χ2n) is 4.92. The lowest BCUT2D eigenvalue weighted by molar-refractivity contribution is -0.137. The standard InChI is InChI=1S/C13H15BrF3NO2S/c14-7-8-18(11-4-2-5-11)21(19,20)12-6-1-3-10(9-12)13(15,16)17/h1,3,6,9,11H,2,4-5,7-8H2. The third kappa shape index (κ3) is 3.60. The van der Waals surface area contributed by atoms with E-state index in [1.807, 2.05) is 0 Å². The smallest absolute Gasteiger partial charge is 0.207 e. The predicted molar refractivity (Wildman–Crippen MR) is 76.8 cm³/mol. The summed E-state index contributed by atoms with van der Waals surface area (Å²) in [5, 5.41) is 0.446. The Morgan fingerprint density at radius 2 is 1.95 bits per heavy atom. The molecule has 8 heteroatoms. The van der Waals surface area contributed by atoms with E-state index in [4.69, 9.17) is 0 Å². The fourth-order valence-corrected chi connectivity index (χ4v) is 4.57. The second kappa shape index (κ2) is 6.26. The minimum atomic E-state index is -4.55. The minimum Gasteiger partial charge on any atom is -0.207 e. The van der Waals surface area contributed by atoms with Gasteiger partial charge in [-0.15, -0.1) is 0 Å². The zero-order valence-corrected chi connectivity index (χ0v) is 13.5. The van der Waals surface area contributed by atoms with E-state index >= 15 is 0 Å². The first-order chi connectivity index (χ1) is 9.76. The molecule has 2 rings (SSSR count). The summed E-state index contributed by atoms with van der Waals surface area (Å²) in [4.78, 5) is -0.301. The summed E-state index contributed by atoms with van der Waals surface area (Å²) >= 11 is 3.20. The summed E-state index contributed by atoms with van der Waals surface area (Å²) in [5.74, 6) is 0. The highest BCUT2D eigenvalue weighted by Gasteiger charge is 2.36. The molecule has 0 aliphatic heterocycles. The van der Waals surface area contributed by atoms with Gasteiger partial charge in [-0.3, -0.25) is 0 Å². The van der Waals surface area contributed by atoms with E-state index in [0.29, 0.717) is 11.4 Å². The van der Waals surface area contributed by atoms with Crippen molar-refractivity contribution in [3.8, 4) is 0 Å². The Balaban J connectivity index is 2.37. The minimum absolute atomic E-state index is 0.109. The number of hydrogen-bond acceptors (Lipinski definition) is 2. The van der Waals surface area contributed by atoms with Crippen molar-refractivity contribution in [2.24, 2.45) is 0 Å². The molecule has 0 amide bonds. The summed E-state index contributed by atoms with van der Waals surface area (Å²) in [6.45, 7) is 0.253. The van der Waals surface area contributed by atoms with Gasteiger partial charge in [-0.2, -0.15) is 17.5 Å². The molecule has 0 unspecified atom stereocenters. The van der Waals surface area contributed by atoms with E-state index in [-0.39, 0.29) is 17.5 Å². The van der Waals surface area contributed by atoms with E-state index < -0.39 is 21.8 Å². The van der Waals surface area contributed by atoms with Crippen LogP contribution in [0.25, 0.3) is 0 Å². The number of alkyl halides is 4. The fourth-order valence-electron chi connectivity index (χ4n) is 2.23. The van der Waals surface area contributed by atoms with E-state index in [2.05, 4.69) is 15.9 Å². The van der Waals surface area contributed by atoms with Crippen LogP contribution in [0.5, 0.6) is 0 Å². The lowest BCUT2D eigenvalue weighted by Crippen LogP contribution is -2.45. The molecule has 0 radical (unpaired) electrons. The molecular formula is C13H15BrF3NO2S. The number of hydrogen-bond donors (Lipinski definition) is 0. The zero-order valence-electron chi connectivity index (χ0n) is 11.1. The van der Waals surface area contributed by atoms with Gasteiger partial charge in [0.05, 0.1) is 10.5 Å². The molecule has 3 nitrogen and oxygen atoms in total. The lowest BCUT2D eigenvalue weighted by atomic mass is 9.93. The zero-order chi connectivity index (χ0) is 15.7. The SMILES string of the molecule is O=S(=O)(c1cccc(C(F)(F)F)c1)N(CCBr)C1CCC1. The number of rotatable bonds is 5. The van der Waals surface area contributed by atoms with Gasteiger partial charge in [-0.1, -0.05) is 28.4 Å². The Morgan fingerprint density at radius 3 is 2.43 bits per heavy atom. The van der Waals surface area contributed by atoms with Gasteiger partial charge in [-0.05, 0) is 31.0 Å². The van der Waals surface area contributed by atoms with Crippen molar-refractivity contribution in [3.05, 3.63) is 29.8 Å². The summed E-state index contributed by atoms with van der Waals surface area (Å²) in [6.07, 6.45) is -2.10. The number of nitrogens with zero attached hydrogens (tertiary/aromatic N) is 1. The highest BCUT2D eigenvalue weighted by Crippen LogP contribution is 2.33. The van der Waals surface area contributed by atoms with Crippen LogP contribution in [0.3, 0.4) is 0 Å². The van der Waals surface area contributed by atoms with Crippen LogP contribution in [-0.2, 0) is 16.2 Å². The van der Waals surface area contributed by atoms with Gasteiger partial charge in [-0.25, -0.2) is 8.42 Å². The van der Waals surface area contributed by atoms with Crippen molar-refractivity contribution in [1.29, 1.82) is 0 Å². The first-order valence-electron chi connectivity index (χ1n) is 6.52. The molecule has 0 heterocycles. The quantitative estimate of drug-likeness (QED) is 0.725. The highest BCUT2D eigenvalue weighted by molar-refractivity contribution is 9.09. The van der Waals surface area contributed by atoms with E-state index in [0.717, 1.165) is 31.4 Å². The summed E-state index contributed by atoms with van der Waals surface area (Å²) < 4.78 is 64.6. The molecule has 0 atom stereocenters. The number of halogens is 4. The Bertz CT molecular complexity index is 600. The van der Waals surface area contributed by atoms with Crippen LogP contribution in [-0.4, -0.2) is 30.6 Å². The van der Waals surface area contributed by atoms with Crippen LogP contribution < -0.4 is 0 Å². The van der Waals surface area contributed by atoms with Crippen LogP contribution >= 0.6 is 15.9 Å². The van der Waals surface area contributed by atoms with Gasteiger partial charge in [0.25, 0.3) is 0 Å². The topological polar surface area (TPSA) is 37.4 Å². The molecule has 1 saturated carbocycles. The number of sulfonamides is 1. The van der Waals surface area contributed by atoms with Crippen LogP contribution in [0.4, 0.5) is 13.2 Å². The third-order valence-electron chi connectivity index (χ3n) is 3.55. The van der Waals surface area contributed by atoms with Crippen LogP contribution in [0.2, 0.25) is 0 Å². The Morgan fingerprint density at radius 1 is 1.29 bits per heavy atom. The molecule has 1 aliphatic carbocycles. The van der Waals surface area contributed by atoms with Gasteiger partial charge in [0, 0.05) is 17.9 Å². The fraction of sp³-hybridized carbons (Fsp3) is 0.538. The summed E-state index contributed by atoms with van der Waals surface area (Å²) in [7, 11) is -3.90. The van der Waals surface area contributed by atoms with E-state index in [1.54, 1.807) is 0 Å². The molecule has 1 fully saturated rings. The van der Waals surface area contributed by atoms with Gasteiger partial charge in [0.15, 0.2) is 0 Å². The van der Waals surface area contributed by atoms with Gasteiger partial charge in [0.2, 0.25) is 10.0 Å². The molecule has 0 aromatic heterocycles. The molecular weight excluding hydrogens is 371 g/mol. The van der Waals surface area contributed by atoms with Crippen molar-refractivity contribution in [3.63, 3.8) is 0 Å². The van der Waals surface area contributed by atoms with E-state index in [1.165, 1.54) is 10.4 Å². The monoisotopic (exact) mass is 385 g/mol. The first kappa shape index (κ1) is 16.8. The maximum absolute atomic E-state index is 12.7. The Labute approximate surface area is 130 Å². The maximum atomic E-state index is 12.7. The van der Waals surface area contributed by atoms with Gasteiger partial charge < -0.3 is 0 Å². The molecule has 0 bridgehead atoms. The average molecular weight is 386 g/mol. The van der Waals surface area contributed by atoms with Crippen molar-refractivity contribution in [1.82, 2.24) is 4.31 Å². The van der Waals surface area contributed by atoms with Crippen LogP contribution in [0, 0.1) is 0 Å². The average Bonchev–Trinajstić information content (AvgIpc) is 2.35. The van der Waals surface area contributed by atoms with Crippen molar-refractivity contribution >= 4 is 26.0 Å². The molecule has 0 saturated heterocycles. The molecule has 0 N–H and O–H groups in total. The highest BCUT2D eigenvalue weighted by atomic mass is 79.9. The second-order valence-corrected chi connectivity index (χ2v) is 7.60. The van der Waals surface area contributed by atoms with E-state index in [9.17, 15) is 21.6 Å². The molecule has 0 spiro atoms. The molecule has 1 aromatic rings.